The number of hydrogen-bond acceptors (Lipinski definition) is 4. The van der Waals surface area contributed by atoms with E-state index in [0.717, 1.165) is 19.5 Å². The number of hydrogen-bond donors (Lipinski definition) is 2. The van der Waals surface area contributed by atoms with Crippen molar-refractivity contribution in [3.8, 4) is 0 Å². The van der Waals surface area contributed by atoms with Gasteiger partial charge in [0.2, 0.25) is 0 Å². The minimum Gasteiger partial charge on any atom is -0.393 e. The van der Waals surface area contributed by atoms with Crippen molar-refractivity contribution in [3.63, 3.8) is 0 Å². The van der Waals surface area contributed by atoms with Crippen LogP contribution in [0, 0.1) is 5.92 Å². The number of rotatable bonds is 3. The molecule has 90 valence electrons. The molecule has 0 bridgehead atoms. The Balaban J connectivity index is 2.05. The Hall–Kier alpha value is -0.420. The van der Waals surface area contributed by atoms with Gasteiger partial charge in [-0.2, -0.15) is 11.3 Å². The maximum Gasteiger partial charge on any atom is 0.0590 e. The van der Waals surface area contributed by atoms with E-state index in [-0.39, 0.29) is 6.10 Å². The van der Waals surface area contributed by atoms with Crippen LogP contribution < -0.4 is 5.73 Å². The van der Waals surface area contributed by atoms with Crippen LogP contribution in [0.5, 0.6) is 0 Å². The molecule has 1 aromatic rings. The SMILES string of the molecule is CC1CN(C(CN)c2ccsc2)CCC1O. The van der Waals surface area contributed by atoms with E-state index in [2.05, 4.69) is 28.7 Å². The first-order valence-electron chi connectivity index (χ1n) is 5.86. The highest BCUT2D eigenvalue weighted by molar-refractivity contribution is 7.07. The molecule has 1 aliphatic rings. The fraction of sp³-hybridized carbons (Fsp3) is 0.667. The summed E-state index contributed by atoms with van der Waals surface area (Å²) in [6.07, 6.45) is 0.721. The molecule has 1 aliphatic heterocycles. The zero-order chi connectivity index (χ0) is 11.5. The molecule has 1 saturated heterocycles. The number of nitrogens with zero attached hydrogens (tertiary/aromatic N) is 1. The van der Waals surface area contributed by atoms with E-state index in [1.54, 1.807) is 11.3 Å². The highest BCUT2D eigenvalue weighted by Gasteiger charge is 2.28. The molecule has 0 saturated carbocycles. The smallest absolute Gasteiger partial charge is 0.0590 e. The molecule has 0 amide bonds. The first kappa shape index (κ1) is 12.0. The standard InChI is InChI=1S/C12H20N2OS/c1-9-7-14(4-2-12(9)15)11(6-13)10-3-5-16-8-10/h3,5,8-9,11-12,15H,2,4,6-7,13H2,1H3. The minimum absolute atomic E-state index is 0.142. The maximum atomic E-state index is 9.72. The first-order valence-corrected chi connectivity index (χ1v) is 6.81. The quantitative estimate of drug-likeness (QED) is 0.841. The van der Waals surface area contributed by atoms with Crippen LogP contribution >= 0.6 is 11.3 Å². The third-order valence-electron chi connectivity index (χ3n) is 3.48. The molecule has 16 heavy (non-hydrogen) atoms. The number of nitrogens with two attached hydrogens (primary N) is 1. The Kier molecular flexibility index (Phi) is 3.97. The zero-order valence-electron chi connectivity index (χ0n) is 9.67. The highest BCUT2D eigenvalue weighted by Crippen LogP contribution is 2.27. The predicted molar refractivity (Wildman–Crippen MR) is 67.5 cm³/mol. The second-order valence-electron chi connectivity index (χ2n) is 4.64. The zero-order valence-corrected chi connectivity index (χ0v) is 10.5. The molecular formula is C12H20N2OS. The first-order chi connectivity index (χ1) is 7.72. The lowest BCUT2D eigenvalue weighted by atomic mass is 9.94. The second kappa shape index (κ2) is 5.27. The predicted octanol–water partition coefficient (Wildman–Crippen LogP) is 1.45. The van der Waals surface area contributed by atoms with Gasteiger partial charge >= 0.3 is 0 Å². The van der Waals surface area contributed by atoms with Gasteiger partial charge in [0.05, 0.1) is 6.10 Å². The third-order valence-corrected chi connectivity index (χ3v) is 4.18. The van der Waals surface area contributed by atoms with Crippen LogP contribution in [-0.2, 0) is 0 Å². The summed E-state index contributed by atoms with van der Waals surface area (Å²) in [6.45, 7) is 4.65. The summed E-state index contributed by atoms with van der Waals surface area (Å²) >= 11 is 1.72. The molecule has 1 fully saturated rings. The van der Waals surface area contributed by atoms with Crippen molar-refractivity contribution in [3.05, 3.63) is 22.4 Å². The molecule has 2 heterocycles. The van der Waals surface area contributed by atoms with Crippen molar-refractivity contribution in [1.82, 2.24) is 4.90 Å². The Morgan fingerprint density at radius 1 is 1.69 bits per heavy atom. The van der Waals surface area contributed by atoms with E-state index in [1.165, 1.54) is 5.56 Å². The minimum atomic E-state index is -0.142. The molecular weight excluding hydrogens is 220 g/mol. The fourth-order valence-corrected chi connectivity index (χ4v) is 3.12. The van der Waals surface area contributed by atoms with Crippen LogP contribution in [0.15, 0.2) is 16.8 Å². The van der Waals surface area contributed by atoms with Crippen molar-refractivity contribution in [2.45, 2.75) is 25.5 Å². The van der Waals surface area contributed by atoms with Gasteiger partial charge in [-0.3, -0.25) is 4.90 Å². The molecule has 3 N–H and O–H groups in total. The normalized spacial score (nSPS) is 29.2. The van der Waals surface area contributed by atoms with Gasteiger partial charge in [0, 0.05) is 25.7 Å². The number of likely N-dealkylation sites (tertiary alicyclic amines) is 1. The topological polar surface area (TPSA) is 49.5 Å². The summed E-state index contributed by atoms with van der Waals surface area (Å²) in [5.74, 6) is 0.349. The molecule has 0 radical (unpaired) electrons. The molecule has 4 heteroatoms. The van der Waals surface area contributed by atoms with Crippen LogP contribution in [-0.4, -0.2) is 35.7 Å². The van der Waals surface area contributed by atoms with Crippen LogP contribution in [0.2, 0.25) is 0 Å². The van der Waals surface area contributed by atoms with Crippen LogP contribution in [0.1, 0.15) is 24.9 Å². The van der Waals surface area contributed by atoms with E-state index in [4.69, 9.17) is 5.73 Å². The lowest BCUT2D eigenvalue weighted by Crippen LogP contribution is -2.45. The lowest BCUT2D eigenvalue weighted by Gasteiger charge is -2.39. The summed E-state index contributed by atoms with van der Waals surface area (Å²) < 4.78 is 0. The van der Waals surface area contributed by atoms with Gasteiger partial charge in [-0.25, -0.2) is 0 Å². The summed E-state index contributed by atoms with van der Waals surface area (Å²) in [4.78, 5) is 2.40. The monoisotopic (exact) mass is 240 g/mol. The van der Waals surface area contributed by atoms with Crippen molar-refractivity contribution in [2.24, 2.45) is 11.7 Å². The summed E-state index contributed by atoms with van der Waals surface area (Å²) in [6, 6.07) is 2.47. The fourth-order valence-electron chi connectivity index (χ4n) is 2.41. The number of aliphatic hydroxyl groups excluding tert-OH is 1. The average molecular weight is 240 g/mol. The summed E-state index contributed by atoms with van der Waals surface area (Å²) in [7, 11) is 0. The van der Waals surface area contributed by atoms with Crippen molar-refractivity contribution in [1.29, 1.82) is 0 Å². The largest absolute Gasteiger partial charge is 0.393 e. The van der Waals surface area contributed by atoms with Crippen LogP contribution in [0.25, 0.3) is 0 Å². The lowest BCUT2D eigenvalue weighted by molar-refractivity contribution is 0.0182. The molecule has 0 aliphatic carbocycles. The van der Waals surface area contributed by atoms with Gasteiger partial charge in [0.15, 0.2) is 0 Å². The van der Waals surface area contributed by atoms with Gasteiger partial charge in [-0.05, 0) is 34.7 Å². The van der Waals surface area contributed by atoms with E-state index in [1.807, 2.05) is 0 Å². The number of piperidine rings is 1. The van der Waals surface area contributed by atoms with E-state index in [9.17, 15) is 5.11 Å². The molecule has 0 spiro atoms. The second-order valence-corrected chi connectivity index (χ2v) is 5.42. The van der Waals surface area contributed by atoms with Gasteiger partial charge in [0.25, 0.3) is 0 Å². The number of aliphatic hydroxyl groups is 1. The Morgan fingerprint density at radius 3 is 3.06 bits per heavy atom. The van der Waals surface area contributed by atoms with E-state index >= 15 is 0 Å². The maximum absolute atomic E-state index is 9.72. The number of thiophene rings is 1. The van der Waals surface area contributed by atoms with Gasteiger partial charge in [0.1, 0.15) is 0 Å². The van der Waals surface area contributed by atoms with Gasteiger partial charge in [-0.1, -0.05) is 6.92 Å². The van der Waals surface area contributed by atoms with Gasteiger partial charge in [-0.15, -0.1) is 0 Å². The van der Waals surface area contributed by atoms with Gasteiger partial charge < -0.3 is 10.8 Å². The van der Waals surface area contributed by atoms with E-state index in [0.29, 0.717) is 18.5 Å². The third kappa shape index (κ3) is 2.46. The van der Waals surface area contributed by atoms with Crippen molar-refractivity contribution in [2.75, 3.05) is 19.6 Å². The molecule has 2 rings (SSSR count). The van der Waals surface area contributed by atoms with Crippen molar-refractivity contribution >= 4 is 11.3 Å². The highest BCUT2D eigenvalue weighted by atomic mass is 32.1. The van der Waals surface area contributed by atoms with Crippen LogP contribution in [0.4, 0.5) is 0 Å². The summed E-state index contributed by atoms with van der Waals surface area (Å²) in [5.41, 5.74) is 7.19. The molecule has 3 atom stereocenters. The summed E-state index contributed by atoms with van der Waals surface area (Å²) in [5, 5.41) is 14.0. The molecule has 0 aromatic carbocycles. The van der Waals surface area contributed by atoms with E-state index < -0.39 is 0 Å². The molecule has 3 nitrogen and oxygen atoms in total. The Bertz CT molecular complexity index is 315. The average Bonchev–Trinajstić information content (AvgIpc) is 2.78. The van der Waals surface area contributed by atoms with Crippen LogP contribution in [0.3, 0.4) is 0 Å². The molecule has 3 unspecified atom stereocenters. The van der Waals surface area contributed by atoms with Crippen molar-refractivity contribution < 1.29 is 5.11 Å². The Morgan fingerprint density at radius 2 is 2.50 bits per heavy atom. The Labute approximate surface area is 101 Å². The molecule has 1 aromatic heterocycles.